The third-order valence-corrected chi connectivity index (χ3v) is 5.27. The summed E-state index contributed by atoms with van der Waals surface area (Å²) in [6, 6.07) is 11.8. The number of carbonyl (C=O) groups excluding carboxylic acids is 3. The average molecular weight is 525 g/mol. The Kier molecular flexibility index (Phi) is 6.59. The van der Waals surface area contributed by atoms with Gasteiger partial charge in [-0.3, -0.25) is 9.59 Å². The smallest absolute Gasteiger partial charge is 0.338 e. The molecule has 0 fully saturated rings. The zero-order chi connectivity index (χ0) is 21.1. The summed E-state index contributed by atoms with van der Waals surface area (Å²) in [4.78, 5) is 38.7. The van der Waals surface area contributed by atoms with Crippen LogP contribution in [0.1, 0.15) is 29.3 Å². The summed E-state index contributed by atoms with van der Waals surface area (Å²) in [5.74, 6) is -1.75. The number of benzene rings is 2. The maximum absolute atomic E-state index is 12.9. The zero-order valence-electron chi connectivity index (χ0n) is 15.8. The molecule has 0 unspecified atom stereocenters. The Balaban J connectivity index is 1.87. The number of rotatable bonds is 6. The Morgan fingerprint density at radius 2 is 1.93 bits per heavy atom. The van der Waals surface area contributed by atoms with Crippen molar-refractivity contribution in [3.8, 4) is 0 Å². The lowest BCUT2D eigenvalue weighted by atomic mass is 10.2. The summed E-state index contributed by atoms with van der Waals surface area (Å²) in [7, 11) is 0. The van der Waals surface area contributed by atoms with Crippen molar-refractivity contribution in [2.24, 2.45) is 0 Å². The van der Waals surface area contributed by atoms with Crippen LogP contribution in [0.3, 0.4) is 0 Å². The highest BCUT2D eigenvalue weighted by atomic mass is 127. The summed E-state index contributed by atoms with van der Waals surface area (Å²) in [5.41, 5.74) is 2.09. The molecule has 29 heavy (non-hydrogen) atoms. The van der Waals surface area contributed by atoms with Crippen LogP contribution in [0.4, 0.5) is 11.4 Å². The minimum absolute atomic E-state index is 0.0000580. The van der Waals surface area contributed by atoms with Crippen molar-refractivity contribution in [1.82, 2.24) is 0 Å². The van der Waals surface area contributed by atoms with Crippen molar-refractivity contribution >= 4 is 63.4 Å². The molecule has 0 aromatic heterocycles. The molecule has 2 amide bonds. The number of esters is 1. The van der Waals surface area contributed by atoms with Gasteiger partial charge in [0.2, 0.25) is 0 Å². The molecule has 0 atom stereocenters. The SMILES string of the molecule is CCCOC(=O)c1cccc(N2C(=O)C(Cl)=C(Nc3ccc(I)cc3C)C2=O)c1. The predicted octanol–water partition coefficient (Wildman–Crippen LogP) is 4.60. The fourth-order valence-corrected chi connectivity index (χ4v) is 3.66. The van der Waals surface area contributed by atoms with Gasteiger partial charge >= 0.3 is 5.97 Å². The first kappa shape index (κ1) is 21.3. The number of anilines is 2. The third-order valence-electron chi connectivity index (χ3n) is 4.25. The molecule has 150 valence electrons. The van der Waals surface area contributed by atoms with Gasteiger partial charge in [0, 0.05) is 9.26 Å². The summed E-state index contributed by atoms with van der Waals surface area (Å²) in [5, 5.41) is 2.77. The van der Waals surface area contributed by atoms with Crippen molar-refractivity contribution in [1.29, 1.82) is 0 Å². The van der Waals surface area contributed by atoms with Gasteiger partial charge in [-0.1, -0.05) is 24.6 Å². The maximum atomic E-state index is 12.9. The Bertz CT molecular complexity index is 1040. The molecule has 6 nitrogen and oxygen atoms in total. The van der Waals surface area contributed by atoms with Gasteiger partial charge < -0.3 is 10.1 Å². The van der Waals surface area contributed by atoms with E-state index in [0.29, 0.717) is 18.7 Å². The van der Waals surface area contributed by atoms with Crippen molar-refractivity contribution < 1.29 is 19.1 Å². The minimum Gasteiger partial charge on any atom is -0.462 e. The molecule has 1 N–H and O–H groups in total. The second-order valence-electron chi connectivity index (χ2n) is 6.41. The summed E-state index contributed by atoms with van der Waals surface area (Å²) in [6.07, 6.45) is 0.695. The highest BCUT2D eigenvalue weighted by molar-refractivity contribution is 14.1. The average Bonchev–Trinajstić information content (AvgIpc) is 2.91. The Morgan fingerprint density at radius 3 is 2.62 bits per heavy atom. The summed E-state index contributed by atoms with van der Waals surface area (Å²) in [6.45, 7) is 4.08. The van der Waals surface area contributed by atoms with E-state index in [1.165, 1.54) is 6.07 Å². The predicted molar refractivity (Wildman–Crippen MR) is 120 cm³/mol. The lowest BCUT2D eigenvalue weighted by Gasteiger charge is -2.16. The normalized spacial score (nSPS) is 13.9. The Labute approximate surface area is 187 Å². The van der Waals surface area contributed by atoms with Crippen LogP contribution in [-0.4, -0.2) is 24.4 Å². The van der Waals surface area contributed by atoms with Gasteiger partial charge in [-0.2, -0.15) is 0 Å². The molecule has 1 aliphatic heterocycles. The summed E-state index contributed by atoms with van der Waals surface area (Å²) >= 11 is 8.38. The molecule has 0 spiro atoms. The molecule has 0 saturated carbocycles. The number of hydrogen-bond acceptors (Lipinski definition) is 5. The van der Waals surface area contributed by atoms with Gasteiger partial charge in [0.05, 0.1) is 17.9 Å². The van der Waals surface area contributed by atoms with Gasteiger partial charge in [-0.15, -0.1) is 0 Å². The van der Waals surface area contributed by atoms with Crippen LogP contribution in [0, 0.1) is 10.5 Å². The third kappa shape index (κ3) is 4.45. The van der Waals surface area contributed by atoms with Crippen molar-refractivity contribution in [3.63, 3.8) is 0 Å². The molecule has 0 radical (unpaired) electrons. The van der Waals surface area contributed by atoms with Crippen LogP contribution < -0.4 is 10.2 Å². The fourth-order valence-electron chi connectivity index (χ4n) is 2.80. The molecule has 1 heterocycles. The molecule has 2 aromatic rings. The molecule has 0 bridgehead atoms. The number of nitrogens with one attached hydrogen (secondary N) is 1. The molecule has 0 saturated heterocycles. The number of aryl methyl sites for hydroxylation is 1. The van der Waals surface area contributed by atoms with Crippen LogP contribution in [0.15, 0.2) is 53.2 Å². The number of amides is 2. The quantitative estimate of drug-likeness (QED) is 0.340. The second-order valence-corrected chi connectivity index (χ2v) is 8.03. The van der Waals surface area contributed by atoms with Crippen LogP contribution in [-0.2, 0) is 14.3 Å². The van der Waals surface area contributed by atoms with E-state index in [1.54, 1.807) is 18.2 Å². The molecule has 0 aliphatic carbocycles. The first-order chi connectivity index (χ1) is 13.8. The van der Waals surface area contributed by atoms with E-state index in [0.717, 1.165) is 14.0 Å². The van der Waals surface area contributed by atoms with E-state index in [2.05, 4.69) is 27.9 Å². The van der Waals surface area contributed by atoms with E-state index < -0.39 is 17.8 Å². The van der Waals surface area contributed by atoms with E-state index in [-0.39, 0.29) is 22.0 Å². The van der Waals surface area contributed by atoms with Crippen LogP contribution in [0.25, 0.3) is 0 Å². The Morgan fingerprint density at radius 1 is 1.17 bits per heavy atom. The second kappa shape index (κ2) is 8.96. The van der Waals surface area contributed by atoms with Crippen molar-refractivity contribution in [2.45, 2.75) is 20.3 Å². The Hall–Kier alpha value is -2.39. The minimum atomic E-state index is -0.651. The topological polar surface area (TPSA) is 75.7 Å². The number of carbonyl (C=O) groups is 3. The maximum Gasteiger partial charge on any atom is 0.338 e. The van der Waals surface area contributed by atoms with Crippen LogP contribution in [0.2, 0.25) is 0 Å². The molecule has 1 aliphatic rings. The van der Waals surface area contributed by atoms with Gasteiger partial charge in [-0.05, 0) is 77.9 Å². The number of nitrogens with zero attached hydrogens (tertiary/aromatic N) is 1. The van der Waals surface area contributed by atoms with E-state index in [4.69, 9.17) is 16.3 Å². The van der Waals surface area contributed by atoms with Crippen molar-refractivity contribution in [3.05, 3.63) is 67.9 Å². The van der Waals surface area contributed by atoms with Gasteiger partial charge in [0.1, 0.15) is 10.7 Å². The van der Waals surface area contributed by atoms with E-state index >= 15 is 0 Å². The lowest BCUT2D eigenvalue weighted by molar-refractivity contribution is -0.120. The standard InChI is InChI=1S/C21H18ClIN2O4/c1-3-9-29-21(28)13-5-4-6-15(11-13)25-19(26)17(22)18(20(25)27)24-16-8-7-14(23)10-12(16)2/h4-8,10-11,24H,3,9H2,1-2H3. The highest BCUT2D eigenvalue weighted by Gasteiger charge is 2.39. The molecule has 8 heteroatoms. The largest absolute Gasteiger partial charge is 0.462 e. The monoisotopic (exact) mass is 524 g/mol. The molecular weight excluding hydrogens is 507 g/mol. The number of halogens is 2. The first-order valence-electron chi connectivity index (χ1n) is 8.92. The van der Waals surface area contributed by atoms with Gasteiger partial charge in [0.15, 0.2) is 0 Å². The van der Waals surface area contributed by atoms with Gasteiger partial charge in [-0.25, -0.2) is 9.69 Å². The first-order valence-corrected chi connectivity index (χ1v) is 10.4. The van der Waals surface area contributed by atoms with Crippen LogP contribution in [0.5, 0.6) is 0 Å². The number of ether oxygens (including phenoxy) is 1. The number of hydrogen-bond donors (Lipinski definition) is 1. The fraction of sp³-hybridized carbons (Fsp3) is 0.190. The van der Waals surface area contributed by atoms with E-state index in [9.17, 15) is 14.4 Å². The zero-order valence-corrected chi connectivity index (χ0v) is 18.7. The lowest BCUT2D eigenvalue weighted by Crippen LogP contribution is -2.32. The molecule has 3 rings (SSSR count). The van der Waals surface area contributed by atoms with E-state index in [1.807, 2.05) is 32.0 Å². The van der Waals surface area contributed by atoms with Crippen molar-refractivity contribution in [2.75, 3.05) is 16.8 Å². The summed E-state index contributed by atoms with van der Waals surface area (Å²) < 4.78 is 6.16. The molecule has 2 aromatic carbocycles. The van der Waals surface area contributed by atoms with Crippen LogP contribution >= 0.6 is 34.2 Å². The molecular formula is C21H18ClIN2O4. The van der Waals surface area contributed by atoms with Gasteiger partial charge in [0.25, 0.3) is 11.8 Å². The highest BCUT2D eigenvalue weighted by Crippen LogP contribution is 2.31. The number of imide groups is 1.